The van der Waals surface area contributed by atoms with Gasteiger partial charge >= 0.3 is 0 Å². The van der Waals surface area contributed by atoms with Crippen LogP contribution in [0.2, 0.25) is 0 Å². The van der Waals surface area contributed by atoms with Crippen molar-refractivity contribution in [3.8, 4) is 11.4 Å². The van der Waals surface area contributed by atoms with E-state index < -0.39 is 0 Å². The van der Waals surface area contributed by atoms with Crippen molar-refractivity contribution in [1.82, 2.24) is 15.5 Å². The van der Waals surface area contributed by atoms with Crippen LogP contribution < -0.4 is 5.32 Å². The number of benzene rings is 2. The molecule has 1 N–H and O–H groups in total. The molecule has 2 aromatic carbocycles. The Hall–Kier alpha value is -2.46. The highest BCUT2D eigenvalue weighted by Gasteiger charge is 2.24. The zero-order valence-electron chi connectivity index (χ0n) is 13.1. The summed E-state index contributed by atoms with van der Waals surface area (Å²) in [5, 5.41) is 7.63. The summed E-state index contributed by atoms with van der Waals surface area (Å²) in [5.41, 5.74) is 5.00. The Morgan fingerprint density at radius 1 is 1.09 bits per heavy atom. The summed E-state index contributed by atoms with van der Waals surface area (Å²) in [7, 11) is 0. The van der Waals surface area contributed by atoms with E-state index in [1.807, 2.05) is 0 Å². The van der Waals surface area contributed by atoms with Gasteiger partial charge in [-0.2, -0.15) is 4.98 Å². The molecule has 23 heavy (non-hydrogen) atoms. The lowest BCUT2D eigenvalue weighted by Crippen LogP contribution is -2.28. The normalized spacial score (nSPS) is 17.0. The van der Waals surface area contributed by atoms with Crippen LogP contribution in [-0.4, -0.2) is 10.1 Å². The largest absolute Gasteiger partial charge is 0.337 e. The fourth-order valence-electron chi connectivity index (χ4n) is 3.01. The molecule has 4 rings (SSSR count). The molecule has 1 aromatic heterocycles. The van der Waals surface area contributed by atoms with Gasteiger partial charge in [0.25, 0.3) is 0 Å². The van der Waals surface area contributed by atoms with Crippen molar-refractivity contribution in [2.45, 2.75) is 32.4 Å². The molecule has 0 radical (unpaired) electrons. The molecule has 1 atom stereocenters. The number of nitrogens with one attached hydrogen (secondary N) is 1. The average Bonchev–Trinajstić information content (AvgIpc) is 3.11. The minimum absolute atomic E-state index is 0.0843. The van der Waals surface area contributed by atoms with Gasteiger partial charge in [0, 0.05) is 12.1 Å². The predicted molar refractivity (Wildman–Crippen MR) is 88.8 cm³/mol. The smallest absolute Gasteiger partial charge is 0.244 e. The third-order valence-corrected chi connectivity index (χ3v) is 4.44. The van der Waals surface area contributed by atoms with Gasteiger partial charge in [-0.3, -0.25) is 0 Å². The van der Waals surface area contributed by atoms with E-state index in [0.717, 1.165) is 24.9 Å². The van der Waals surface area contributed by atoms with Crippen LogP contribution in [0, 0.1) is 0 Å². The summed E-state index contributed by atoms with van der Waals surface area (Å²) in [6, 6.07) is 16.9. The summed E-state index contributed by atoms with van der Waals surface area (Å²) in [4.78, 5) is 4.59. The first kappa shape index (κ1) is 14.2. The zero-order valence-corrected chi connectivity index (χ0v) is 13.1. The van der Waals surface area contributed by atoms with Gasteiger partial charge in [-0.1, -0.05) is 60.6 Å². The Bertz CT molecular complexity index is 807. The maximum absolute atomic E-state index is 5.51. The van der Waals surface area contributed by atoms with Crippen LogP contribution in [0.4, 0.5) is 0 Å². The molecule has 0 spiro atoms. The maximum Gasteiger partial charge on any atom is 0.244 e. The van der Waals surface area contributed by atoms with E-state index in [9.17, 15) is 0 Å². The van der Waals surface area contributed by atoms with Crippen molar-refractivity contribution in [2.24, 2.45) is 0 Å². The van der Waals surface area contributed by atoms with Crippen molar-refractivity contribution in [1.29, 1.82) is 0 Å². The fraction of sp³-hybridized carbons (Fsp3) is 0.263. The predicted octanol–water partition coefficient (Wildman–Crippen LogP) is 3.69. The third-order valence-electron chi connectivity index (χ3n) is 4.44. The van der Waals surface area contributed by atoms with E-state index in [1.54, 1.807) is 0 Å². The molecule has 0 fully saturated rings. The zero-order chi connectivity index (χ0) is 15.6. The Morgan fingerprint density at radius 2 is 1.87 bits per heavy atom. The van der Waals surface area contributed by atoms with Crippen molar-refractivity contribution in [3.05, 3.63) is 71.1 Å². The SMILES string of the molecule is CCc1ccc(-c2noc([C@H]3Cc4ccccc4CN3)n2)cc1. The molecule has 3 aromatic rings. The van der Waals surface area contributed by atoms with Gasteiger partial charge in [-0.15, -0.1) is 0 Å². The molecule has 4 heteroatoms. The standard InChI is InChI=1S/C19H19N3O/c1-2-13-7-9-14(10-8-13)18-21-19(23-22-18)17-11-15-5-3-4-6-16(15)12-20-17/h3-10,17,20H,2,11-12H2,1H3/t17-/m1/s1. The van der Waals surface area contributed by atoms with Crippen LogP contribution in [0.1, 0.15) is 35.5 Å². The average molecular weight is 305 g/mol. The van der Waals surface area contributed by atoms with Crippen LogP contribution in [0.25, 0.3) is 11.4 Å². The first-order valence-corrected chi connectivity index (χ1v) is 8.06. The van der Waals surface area contributed by atoms with Crippen LogP contribution in [0.3, 0.4) is 0 Å². The second-order valence-electron chi connectivity index (χ2n) is 5.91. The Balaban J connectivity index is 1.56. The quantitative estimate of drug-likeness (QED) is 0.802. The summed E-state index contributed by atoms with van der Waals surface area (Å²) in [6.45, 7) is 2.98. The van der Waals surface area contributed by atoms with E-state index in [1.165, 1.54) is 16.7 Å². The number of aryl methyl sites for hydroxylation is 1. The highest BCUT2D eigenvalue weighted by Crippen LogP contribution is 2.26. The summed E-state index contributed by atoms with van der Waals surface area (Å²) in [5.74, 6) is 1.32. The number of hydrogen-bond acceptors (Lipinski definition) is 4. The highest BCUT2D eigenvalue weighted by atomic mass is 16.5. The van der Waals surface area contributed by atoms with Gasteiger partial charge in [-0.05, 0) is 29.5 Å². The van der Waals surface area contributed by atoms with E-state index in [-0.39, 0.29) is 6.04 Å². The minimum atomic E-state index is 0.0843. The number of aromatic nitrogens is 2. The van der Waals surface area contributed by atoms with Crippen molar-refractivity contribution in [3.63, 3.8) is 0 Å². The van der Waals surface area contributed by atoms with E-state index >= 15 is 0 Å². The van der Waals surface area contributed by atoms with Crippen LogP contribution in [0.5, 0.6) is 0 Å². The first-order valence-electron chi connectivity index (χ1n) is 8.06. The molecule has 0 amide bonds. The Morgan fingerprint density at radius 3 is 2.65 bits per heavy atom. The Kier molecular flexibility index (Phi) is 3.67. The molecular formula is C19H19N3O. The molecule has 0 saturated carbocycles. The van der Waals surface area contributed by atoms with E-state index in [0.29, 0.717) is 11.7 Å². The summed E-state index contributed by atoms with van der Waals surface area (Å²) < 4.78 is 5.51. The molecule has 0 saturated heterocycles. The summed E-state index contributed by atoms with van der Waals surface area (Å²) >= 11 is 0. The van der Waals surface area contributed by atoms with E-state index in [4.69, 9.17) is 4.52 Å². The number of nitrogens with zero attached hydrogens (tertiary/aromatic N) is 2. The molecule has 0 bridgehead atoms. The number of hydrogen-bond donors (Lipinski definition) is 1. The van der Waals surface area contributed by atoms with Gasteiger partial charge in [-0.25, -0.2) is 0 Å². The topological polar surface area (TPSA) is 51.0 Å². The van der Waals surface area contributed by atoms with Gasteiger partial charge in [0.2, 0.25) is 11.7 Å². The Labute approximate surface area is 135 Å². The lowest BCUT2D eigenvalue weighted by molar-refractivity contribution is 0.321. The van der Waals surface area contributed by atoms with Gasteiger partial charge in [0.15, 0.2) is 0 Å². The monoisotopic (exact) mass is 305 g/mol. The second-order valence-corrected chi connectivity index (χ2v) is 5.91. The van der Waals surface area contributed by atoms with Crippen LogP contribution >= 0.6 is 0 Å². The molecule has 1 aliphatic heterocycles. The third kappa shape index (κ3) is 2.78. The molecule has 0 unspecified atom stereocenters. The second kappa shape index (κ2) is 5.97. The highest BCUT2D eigenvalue weighted by molar-refractivity contribution is 5.54. The van der Waals surface area contributed by atoms with Crippen LogP contribution in [-0.2, 0) is 19.4 Å². The molecular weight excluding hydrogens is 286 g/mol. The number of rotatable bonds is 3. The van der Waals surface area contributed by atoms with Crippen molar-refractivity contribution >= 4 is 0 Å². The van der Waals surface area contributed by atoms with Crippen molar-refractivity contribution < 1.29 is 4.52 Å². The summed E-state index contributed by atoms with van der Waals surface area (Å²) in [6.07, 6.45) is 1.91. The van der Waals surface area contributed by atoms with Crippen LogP contribution in [0.15, 0.2) is 53.1 Å². The molecule has 1 aliphatic rings. The lowest BCUT2D eigenvalue weighted by atomic mass is 9.96. The molecule has 0 aliphatic carbocycles. The van der Waals surface area contributed by atoms with Gasteiger partial charge in [0.05, 0.1) is 6.04 Å². The lowest BCUT2D eigenvalue weighted by Gasteiger charge is -2.23. The number of fused-ring (bicyclic) bond motifs is 1. The van der Waals surface area contributed by atoms with Gasteiger partial charge in [0.1, 0.15) is 0 Å². The first-order chi connectivity index (χ1) is 11.3. The maximum atomic E-state index is 5.51. The minimum Gasteiger partial charge on any atom is -0.337 e. The fourth-order valence-corrected chi connectivity index (χ4v) is 3.01. The van der Waals surface area contributed by atoms with Crippen molar-refractivity contribution in [2.75, 3.05) is 0 Å². The van der Waals surface area contributed by atoms with Gasteiger partial charge < -0.3 is 9.84 Å². The molecule has 2 heterocycles. The van der Waals surface area contributed by atoms with E-state index in [2.05, 4.69) is 70.9 Å². The molecule has 4 nitrogen and oxygen atoms in total. The molecule has 116 valence electrons.